The van der Waals surface area contributed by atoms with E-state index in [1.165, 1.54) is 0 Å². The molecule has 0 aromatic carbocycles. The minimum Gasteiger partial charge on any atom is -0.394 e. The predicted molar refractivity (Wildman–Crippen MR) is 75.6 cm³/mol. The summed E-state index contributed by atoms with van der Waals surface area (Å²) >= 11 is 0. The molecule has 3 heterocycles. The third-order valence-corrected chi connectivity index (χ3v) is 5.06. The van der Waals surface area contributed by atoms with E-state index >= 15 is 0 Å². The van der Waals surface area contributed by atoms with Crippen molar-refractivity contribution in [2.75, 3.05) is 32.8 Å². The van der Waals surface area contributed by atoms with Gasteiger partial charge in [0, 0.05) is 26.1 Å². The molecule has 0 aliphatic carbocycles. The average molecular weight is 300 g/mol. The zero-order chi connectivity index (χ0) is 15.2. The molecule has 3 aliphatic heterocycles. The maximum absolute atomic E-state index is 13.6. The molecule has 0 bridgehead atoms. The van der Waals surface area contributed by atoms with Crippen molar-refractivity contribution >= 4 is 5.91 Å². The summed E-state index contributed by atoms with van der Waals surface area (Å²) in [6.07, 6.45) is 0.203. The number of nitrogens with zero attached hydrogens (tertiary/aromatic N) is 2. The van der Waals surface area contributed by atoms with Crippen LogP contribution < -0.4 is 0 Å². The van der Waals surface area contributed by atoms with E-state index in [1.807, 2.05) is 13.8 Å². The van der Waals surface area contributed by atoms with Crippen LogP contribution in [0.1, 0.15) is 26.7 Å². The molecule has 0 aromatic rings. The van der Waals surface area contributed by atoms with Crippen molar-refractivity contribution in [1.82, 2.24) is 9.80 Å². The van der Waals surface area contributed by atoms with Gasteiger partial charge in [0.25, 0.3) is 0 Å². The smallest absolute Gasteiger partial charge is 0.227 e. The van der Waals surface area contributed by atoms with Crippen molar-refractivity contribution in [3.05, 3.63) is 0 Å². The number of ether oxygens (including phenoxy) is 1. The summed E-state index contributed by atoms with van der Waals surface area (Å²) in [6.45, 7) is 6.43. The number of hydrogen-bond donors (Lipinski definition) is 1. The van der Waals surface area contributed by atoms with Crippen molar-refractivity contribution in [1.29, 1.82) is 0 Å². The van der Waals surface area contributed by atoms with Gasteiger partial charge in [-0.2, -0.15) is 0 Å². The Hall–Kier alpha value is -0.720. The van der Waals surface area contributed by atoms with E-state index in [1.54, 1.807) is 4.90 Å². The second-order valence-corrected chi connectivity index (χ2v) is 7.01. The Balaban J connectivity index is 1.67. The maximum atomic E-state index is 13.6. The van der Waals surface area contributed by atoms with E-state index in [9.17, 15) is 14.3 Å². The molecule has 0 spiro atoms. The van der Waals surface area contributed by atoms with E-state index in [4.69, 9.17) is 4.74 Å². The summed E-state index contributed by atoms with van der Waals surface area (Å²) in [5.74, 6) is -0.113. The Bertz CT molecular complexity index is 412. The number of morpholine rings is 1. The highest BCUT2D eigenvalue weighted by Crippen LogP contribution is 2.43. The number of aliphatic hydroxyl groups excluding tert-OH is 1. The fraction of sp³-hybridized carbons (Fsp3) is 0.933. The number of amides is 1. The topological polar surface area (TPSA) is 53.0 Å². The van der Waals surface area contributed by atoms with E-state index in [0.717, 1.165) is 13.1 Å². The second-order valence-electron chi connectivity index (χ2n) is 7.01. The summed E-state index contributed by atoms with van der Waals surface area (Å²) < 4.78 is 19.3. The molecule has 3 aliphatic rings. The Labute approximate surface area is 125 Å². The van der Waals surface area contributed by atoms with Gasteiger partial charge in [0.05, 0.1) is 36.8 Å². The SMILES string of the molecule is C[C@@H]1CN(C[C@H]2C[C@@]3(CO)C[C@@H](F)CN3C2=O)C[C@H](C)O1. The van der Waals surface area contributed by atoms with Crippen LogP contribution in [-0.4, -0.2) is 77.5 Å². The van der Waals surface area contributed by atoms with Crippen LogP contribution in [0.3, 0.4) is 0 Å². The van der Waals surface area contributed by atoms with Crippen LogP contribution >= 0.6 is 0 Å². The number of aliphatic hydroxyl groups is 1. The fourth-order valence-electron chi connectivity index (χ4n) is 4.36. The lowest BCUT2D eigenvalue weighted by Gasteiger charge is -2.36. The van der Waals surface area contributed by atoms with Gasteiger partial charge in [0.1, 0.15) is 6.17 Å². The monoisotopic (exact) mass is 300 g/mol. The van der Waals surface area contributed by atoms with E-state index < -0.39 is 11.7 Å². The summed E-state index contributed by atoms with van der Waals surface area (Å²) in [7, 11) is 0. The van der Waals surface area contributed by atoms with Crippen LogP contribution in [0.5, 0.6) is 0 Å². The number of rotatable bonds is 3. The fourth-order valence-corrected chi connectivity index (χ4v) is 4.36. The molecule has 3 saturated heterocycles. The van der Waals surface area contributed by atoms with Crippen molar-refractivity contribution in [2.24, 2.45) is 5.92 Å². The number of alkyl halides is 1. The van der Waals surface area contributed by atoms with Gasteiger partial charge < -0.3 is 14.7 Å². The molecule has 5 atom stereocenters. The molecular weight excluding hydrogens is 275 g/mol. The zero-order valence-electron chi connectivity index (χ0n) is 12.8. The minimum atomic E-state index is -0.995. The predicted octanol–water partition coefficient (Wildman–Crippen LogP) is 0.417. The number of fused-ring (bicyclic) bond motifs is 1. The first kappa shape index (κ1) is 15.2. The number of halogens is 1. The van der Waals surface area contributed by atoms with Crippen molar-refractivity contribution < 1.29 is 19.0 Å². The lowest BCUT2D eigenvalue weighted by Crippen LogP contribution is -2.48. The standard InChI is InChI=1S/C15H25FN2O3/c1-10-5-17(6-11(2)21-10)7-12-3-15(9-19)4-13(16)8-18(15)14(12)20/h10-13,19H,3-9H2,1-2H3/t10-,11+,12-,13-,15+/m1/s1. The Morgan fingerprint density at radius 1 is 1.29 bits per heavy atom. The van der Waals surface area contributed by atoms with Crippen LogP contribution in [0.4, 0.5) is 4.39 Å². The normalized spacial score (nSPS) is 44.4. The summed E-state index contributed by atoms with van der Waals surface area (Å²) in [5, 5.41) is 9.68. The molecule has 3 fully saturated rings. The van der Waals surface area contributed by atoms with E-state index in [2.05, 4.69) is 4.90 Å². The Kier molecular flexibility index (Phi) is 3.96. The Morgan fingerprint density at radius 2 is 1.95 bits per heavy atom. The van der Waals surface area contributed by atoms with Crippen molar-refractivity contribution in [3.63, 3.8) is 0 Å². The molecule has 0 saturated carbocycles. The lowest BCUT2D eigenvalue weighted by atomic mass is 9.90. The van der Waals surface area contributed by atoms with Gasteiger partial charge in [-0.15, -0.1) is 0 Å². The Morgan fingerprint density at radius 3 is 2.52 bits per heavy atom. The van der Waals surface area contributed by atoms with E-state index in [-0.39, 0.29) is 43.6 Å². The largest absolute Gasteiger partial charge is 0.394 e. The van der Waals surface area contributed by atoms with Gasteiger partial charge >= 0.3 is 0 Å². The van der Waals surface area contributed by atoms with Crippen LogP contribution in [-0.2, 0) is 9.53 Å². The summed E-state index contributed by atoms with van der Waals surface area (Å²) in [6, 6.07) is 0. The highest BCUT2D eigenvalue weighted by molar-refractivity contribution is 5.83. The average Bonchev–Trinajstić information content (AvgIpc) is 2.84. The van der Waals surface area contributed by atoms with Crippen molar-refractivity contribution in [3.8, 4) is 0 Å². The third kappa shape index (κ3) is 2.69. The molecule has 1 amide bonds. The van der Waals surface area contributed by atoms with Gasteiger partial charge in [-0.05, 0) is 20.3 Å². The molecule has 0 aromatic heterocycles. The first-order valence-corrected chi connectivity index (χ1v) is 7.88. The molecule has 6 heteroatoms. The van der Waals surface area contributed by atoms with E-state index in [0.29, 0.717) is 13.0 Å². The highest BCUT2D eigenvalue weighted by atomic mass is 19.1. The highest BCUT2D eigenvalue weighted by Gasteiger charge is 2.56. The molecule has 1 N–H and O–H groups in total. The van der Waals surface area contributed by atoms with Gasteiger partial charge in [0.15, 0.2) is 0 Å². The molecule has 5 nitrogen and oxygen atoms in total. The lowest BCUT2D eigenvalue weighted by molar-refractivity contribution is -0.134. The molecule has 3 rings (SSSR count). The first-order chi connectivity index (χ1) is 9.93. The molecule has 0 radical (unpaired) electrons. The summed E-state index contributed by atoms with van der Waals surface area (Å²) in [4.78, 5) is 16.4. The van der Waals surface area contributed by atoms with Crippen LogP contribution in [0.15, 0.2) is 0 Å². The van der Waals surface area contributed by atoms with Gasteiger partial charge in [-0.25, -0.2) is 4.39 Å². The second kappa shape index (κ2) is 5.48. The van der Waals surface area contributed by atoms with Gasteiger partial charge in [-0.1, -0.05) is 0 Å². The molecule has 0 unspecified atom stereocenters. The van der Waals surface area contributed by atoms with Crippen LogP contribution in [0.25, 0.3) is 0 Å². The molecule has 120 valence electrons. The number of hydrogen-bond acceptors (Lipinski definition) is 4. The first-order valence-electron chi connectivity index (χ1n) is 7.88. The number of carbonyl (C=O) groups is 1. The minimum absolute atomic E-state index is 0.0102. The van der Waals surface area contributed by atoms with Crippen LogP contribution in [0, 0.1) is 5.92 Å². The maximum Gasteiger partial charge on any atom is 0.227 e. The molecule has 21 heavy (non-hydrogen) atoms. The summed E-state index contributed by atoms with van der Waals surface area (Å²) in [5.41, 5.74) is -0.648. The number of carbonyl (C=O) groups excluding carboxylic acids is 1. The zero-order valence-corrected chi connectivity index (χ0v) is 12.8. The third-order valence-electron chi connectivity index (χ3n) is 5.06. The molecular formula is C15H25FN2O3. The van der Waals surface area contributed by atoms with Crippen molar-refractivity contribution in [2.45, 2.75) is 50.6 Å². The van der Waals surface area contributed by atoms with Gasteiger partial charge in [0.2, 0.25) is 5.91 Å². The van der Waals surface area contributed by atoms with Crippen LogP contribution in [0.2, 0.25) is 0 Å². The van der Waals surface area contributed by atoms with Gasteiger partial charge in [-0.3, -0.25) is 9.69 Å². The quantitative estimate of drug-likeness (QED) is 0.820.